The second kappa shape index (κ2) is 6.32. The van der Waals surface area contributed by atoms with Gasteiger partial charge < -0.3 is 9.61 Å². The minimum atomic E-state index is -0.102. The molecule has 114 valence electrons. The summed E-state index contributed by atoms with van der Waals surface area (Å²) in [6.07, 6.45) is 4.07. The van der Waals surface area contributed by atoms with Crippen LogP contribution in [-0.2, 0) is 0 Å². The maximum atomic E-state index is 9.03. The van der Waals surface area contributed by atoms with Crippen LogP contribution in [-0.4, -0.2) is 20.3 Å². The zero-order valence-corrected chi connectivity index (χ0v) is 12.7. The van der Waals surface area contributed by atoms with Crippen LogP contribution >= 0.6 is 0 Å². The van der Waals surface area contributed by atoms with Crippen molar-refractivity contribution in [3.63, 3.8) is 0 Å². The van der Waals surface area contributed by atoms with E-state index < -0.39 is 0 Å². The molecule has 1 N–H and O–H groups in total. The van der Waals surface area contributed by atoms with Crippen molar-refractivity contribution in [2.24, 2.45) is 5.16 Å². The summed E-state index contributed by atoms with van der Waals surface area (Å²) in [6, 6.07) is 15.9. The molecular formula is C18H16N4O. The summed E-state index contributed by atoms with van der Waals surface area (Å²) in [5.41, 5.74) is 4.30. The smallest absolute Gasteiger partial charge is 0.137 e. The Balaban J connectivity index is 1.88. The Morgan fingerprint density at radius 2 is 2.09 bits per heavy atom. The molecule has 0 fully saturated rings. The first-order valence-electron chi connectivity index (χ1n) is 7.34. The number of pyridine rings is 1. The van der Waals surface area contributed by atoms with Crippen molar-refractivity contribution in [2.75, 3.05) is 0 Å². The highest BCUT2D eigenvalue weighted by Crippen LogP contribution is 2.24. The van der Waals surface area contributed by atoms with Crippen molar-refractivity contribution >= 4 is 11.4 Å². The van der Waals surface area contributed by atoms with Gasteiger partial charge in [0, 0.05) is 23.9 Å². The zero-order valence-electron chi connectivity index (χ0n) is 12.7. The van der Waals surface area contributed by atoms with Gasteiger partial charge in [0.15, 0.2) is 0 Å². The van der Waals surface area contributed by atoms with E-state index in [1.807, 2.05) is 72.3 Å². The normalized spacial score (nSPS) is 13.0. The van der Waals surface area contributed by atoms with Crippen molar-refractivity contribution in [2.45, 2.75) is 19.3 Å². The number of benzene rings is 1. The number of hydrogen-bond acceptors (Lipinski definition) is 4. The Bertz CT molecular complexity index is 854. The van der Waals surface area contributed by atoms with Gasteiger partial charge in [-0.05, 0) is 17.7 Å². The summed E-state index contributed by atoms with van der Waals surface area (Å²) < 4.78 is 1.98. The third-order valence-electron chi connectivity index (χ3n) is 3.96. The molecule has 0 spiro atoms. The molecule has 3 aromatic rings. The first-order valence-corrected chi connectivity index (χ1v) is 7.34. The monoisotopic (exact) mass is 304 g/mol. The van der Waals surface area contributed by atoms with Gasteiger partial charge >= 0.3 is 0 Å². The van der Waals surface area contributed by atoms with Gasteiger partial charge in [0.2, 0.25) is 0 Å². The standard InChI is InChI=1S/C18H16N4O/c1-13(16(21-23)9-10-19)14-5-7-15(8-6-14)17-12-22-11-3-2-4-18(22)20-17/h2-8,11-13,23H,9H2,1H3. The van der Waals surface area contributed by atoms with Crippen LogP contribution in [0, 0.1) is 11.3 Å². The van der Waals surface area contributed by atoms with E-state index in [0.717, 1.165) is 22.5 Å². The lowest BCUT2D eigenvalue weighted by Crippen LogP contribution is -2.08. The summed E-state index contributed by atoms with van der Waals surface area (Å²) in [4.78, 5) is 4.59. The molecule has 0 radical (unpaired) electrons. The maximum absolute atomic E-state index is 9.03. The number of rotatable bonds is 4. The predicted molar refractivity (Wildman–Crippen MR) is 88.5 cm³/mol. The van der Waals surface area contributed by atoms with Crippen LogP contribution in [0.15, 0.2) is 60.0 Å². The first kappa shape index (κ1) is 14.8. The molecule has 3 rings (SSSR count). The van der Waals surface area contributed by atoms with Crippen LogP contribution < -0.4 is 0 Å². The largest absolute Gasteiger partial charge is 0.411 e. The lowest BCUT2D eigenvalue weighted by molar-refractivity contribution is 0.316. The van der Waals surface area contributed by atoms with Crippen molar-refractivity contribution in [3.05, 3.63) is 60.4 Å². The number of oxime groups is 1. The van der Waals surface area contributed by atoms with Crippen LogP contribution in [0.1, 0.15) is 24.8 Å². The molecule has 23 heavy (non-hydrogen) atoms. The predicted octanol–water partition coefficient (Wildman–Crippen LogP) is 3.85. The van der Waals surface area contributed by atoms with E-state index in [1.165, 1.54) is 0 Å². The summed E-state index contributed by atoms with van der Waals surface area (Å²) in [5, 5.41) is 21.0. The van der Waals surface area contributed by atoms with E-state index in [2.05, 4.69) is 10.1 Å². The molecule has 0 amide bonds. The maximum Gasteiger partial charge on any atom is 0.137 e. The minimum Gasteiger partial charge on any atom is -0.411 e. The molecule has 1 aromatic carbocycles. The van der Waals surface area contributed by atoms with E-state index in [4.69, 9.17) is 10.5 Å². The number of imidazole rings is 1. The van der Waals surface area contributed by atoms with E-state index in [-0.39, 0.29) is 12.3 Å². The number of hydrogen-bond donors (Lipinski definition) is 1. The number of aromatic nitrogens is 2. The van der Waals surface area contributed by atoms with Crippen LogP contribution in [0.25, 0.3) is 16.9 Å². The van der Waals surface area contributed by atoms with Gasteiger partial charge in [0.25, 0.3) is 0 Å². The van der Waals surface area contributed by atoms with Crippen LogP contribution in [0.4, 0.5) is 0 Å². The van der Waals surface area contributed by atoms with Gasteiger partial charge in [-0.15, -0.1) is 0 Å². The summed E-state index contributed by atoms with van der Waals surface area (Å²) >= 11 is 0. The molecule has 2 heterocycles. The van der Waals surface area contributed by atoms with Gasteiger partial charge in [0.1, 0.15) is 5.65 Å². The first-order chi connectivity index (χ1) is 11.2. The average Bonchev–Trinajstić information content (AvgIpc) is 3.03. The second-order valence-electron chi connectivity index (χ2n) is 5.36. The molecule has 0 saturated heterocycles. The van der Waals surface area contributed by atoms with Crippen molar-refractivity contribution in [3.8, 4) is 17.3 Å². The van der Waals surface area contributed by atoms with E-state index in [1.54, 1.807) is 0 Å². The van der Waals surface area contributed by atoms with Gasteiger partial charge in [-0.25, -0.2) is 4.98 Å². The van der Waals surface area contributed by atoms with E-state index in [0.29, 0.717) is 5.71 Å². The van der Waals surface area contributed by atoms with Crippen LogP contribution in [0.2, 0.25) is 0 Å². The molecular weight excluding hydrogens is 288 g/mol. The molecule has 5 nitrogen and oxygen atoms in total. The SMILES string of the molecule is CC(C(CC#N)=NO)c1ccc(-c2cn3ccccc3n2)cc1. The third kappa shape index (κ3) is 2.92. The minimum absolute atomic E-state index is 0.102. The molecule has 0 saturated carbocycles. The molecule has 1 unspecified atom stereocenters. The highest BCUT2D eigenvalue weighted by Gasteiger charge is 2.14. The highest BCUT2D eigenvalue weighted by atomic mass is 16.4. The Morgan fingerprint density at radius 3 is 2.74 bits per heavy atom. The summed E-state index contributed by atoms with van der Waals surface area (Å²) in [7, 11) is 0. The van der Waals surface area contributed by atoms with Crippen LogP contribution in [0.5, 0.6) is 0 Å². The van der Waals surface area contributed by atoms with Gasteiger partial charge in [-0.1, -0.05) is 42.4 Å². The fraction of sp³-hybridized carbons (Fsp3) is 0.167. The lowest BCUT2D eigenvalue weighted by Gasteiger charge is -2.11. The zero-order chi connectivity index (χ0) is 16.2. The lowest BCUT2D eigenvalue weighted by atomic mass is 9.93. The second-order valence-corrected chi connectivity index (χ2v) is 5.36. The molecule has 2 aromatic heterocycles. The van der Waals surface area contributed by atoms with Crippen molar-refractivity contribution in [1.82, 2.24) is 9.38 Å². The fourth-order valence-corrected chi connectivity index (χ4v) is 2.56. The van der Waals surface area contributed by atoms with Crippen molar-refractivity contribution in [1.29, 1.82) is 5.26 Å². The Labute approximate surface area is 134 Å². The highest BCUT2D eigenvalue weighted by molar-refractivity contribution is 5.91. The third-order valence-corrected chi connectivity index (χ3v) is 3.96. The average molecular weight is 304 g/mol. The van der Waals surface area contributed by atoms with Gasteiger partial charge in [-0.3, -0.25) is 0 Å². The fourth-order valence-electron chi connectivity index (χ4n) is 2.56. The molecule has 5 heteroatoms. The Hall–Kier alpha value is -3.13. The van der Waals surface area contributed by atoms with Gasteiger partial charge in [0.05, 0.1) is 23.9 Å². The molecule has 0 aliphatic rings. The van der Waals surface area contributed by atoms with Gasteiger partial charge in [-0.2, -0.15) is 5.26 Å². The van der Waals surface area contributed by atoms with E-state index >= 15 is 0 Å². The molecule has 0 aliphatic heterocycles. The molecule has 0 bridgehead atoms. The van der Waals surface area contributed by atoms with Crippen molar-refractivity contribution < 1.29 is 5.21 Å². The topological polar surface area (TPSA) is 73.7 Å². The Kier molecular flexibility index (Phi) is 4.07. The number of fused-ring (bicyclic) bond motifs is 1. The molecule has 1 atom stereocenters. The number of nitriles is 1. The Morgan fingerprint density at radius 1 is 1.30 bits per heavy atom. The number of nitrogens with zero attached hydrogens (tertiary/aromatic N) is 4. The molecule has 0 aliphatic carbocycles. The summed E-state index contributed by atoms with van der Waals surface area (Å²) in [5.74, 6) is -0.102. The van der Waals surface area contributed by atoms with Crippen LogP contribution in [0.3, 0.4) is 0 Å². The van der Waals surface area contributed by atoms with E-state index in [9.17, 15) is 0 Å². The quantitative estimate of drug-likeness (QED) is 0.452. The summed E-state index contributed by atoms with van der Waals surface area (Å²) in [6.45, 7) is 1.92.